The van der Waals surface area contributed by atoms with Gasteiger partial charge in [-0.1, -0.05) is 38.1 Å². The van der Waals surface area contributed by atoms with Gasteiger partial charge in [0.05, 0.1) is 5.41 Å². The highest BCUT2D eigenvalue weighted by molar-refractivity contribution is 5.88. The summed E-state index contributed by atoms with van der Waals surface area (Å²) in [4.78, 5) is 15.0. The number of carbonyl (C=O) groups excluding carboxylic acids is 1. The summed E-state index contributed by atoms with van der Waals surface area (Å²) in [5.41, 5.74) is 7.95. The topological polar surface area (TPSA) is 46.3 Å². The molecule has 124 valence electrons. The highest BCUT2D eigenvalue weighted by Crippen LogP contribution is 2.33. The number of hydrogen-bond donors (Lipinski definition) is 1. The van der Waals surface area contributed by atoms with Gasteiger partial charge >= 0.3 is 0 Å². The standard InChI is InChI=1S/C18H28N2O.ClH/c1-13-8-6-7-9-14(13)18(4,5)16(21)20-11-10-15(19)17(2,3)12-20;/h6-9,15H,10-12,19H2,1-5H3;1H. The van der Waals surface area contributed by atoms with Crippen LogP contribution in [0.1, 0.15) is 45.2 Å². The fourth-order valence-electron chi connectivity index (χ4n) is 3.33. The third-order valence-electron chi connectivity index (χ3n) is 4.95. The third-order valence-corrected chi connectivity index (χ3v) is 4.95. The summed E-state index contributed by atoms with van der Waals surface area (Å²) >= 11 is 0. The highest BCUT2D eigenvalue weighted by atomic mass is 35.5. The molecule has 1 saturated heterocycles. The molecule has 1 fully saturated rings. The van der Waals surface area contributed by atoms with Crippen molar-refractivity contribution in [1.82, 2.24) is 4.90 Å². The summed E-state index contributed by atoms with van der Waals surface area (Å²) in [6, 6.07) is 8.33. The van der Waals surface area contributed by atoms with Crippen LogP contribution in [-0.2, 0) is 10.2 Å². The van der Waals surface area contributed by atoms with E-state index in [4.69, 9.17) is 5.73 Å². The van der Waals surface area contributed by atoms with Crippen LogP contribution < -0.4 is 5.73 Å². The van der Waals surface area contributed by atoms with Crippen molar-refractivity contribution in [2.24, 2.45) is 11.1 Å². The monoisotopic (exact) mass is 324 g/mol. The van der Waals surface area contributed by atoms with Gasteiger partial charge in [0.15, 0.2) is 0 Å². The van der Waals surface area contributed by atoms with Crippen LogP contribution in [0.3, 0.4) is 0 Å². The largest absolute Gasteiger partial charge is 0.341 e. The number of halogens is 1. The molecule has 0 saturated carbocycles. The average Bonchev–Trinajstić information content (AvgIpc) is 2.41. The number of aryl methyl sites for hydroxylation is 1. The van der Waals surface area contributed by atoms with Crippen molar-refractivity contribution in [2.45, 2.75) is 52.5 Å². The van der Waals surface area contributed by atoms with E-state index in [0.717, 1.165) is 25.1 Å². The molecule has 1 heterocycles. The molecule has 1 aliphatic heterocycles. The van der Waals surface area contributed by atoms with Gasteiger partial charge in [-0.25, -0.2) is 0 Å². The van der Waals surface area contributed by atoms with Gasteiger partial charge in [0.1, 0.15) is 0 Å². The van der Waals surface area contributed by atoms with E-state index >= 15 is 0 Å². The Balaban J connectivity index is 0.00000242. The number of hydrogen-bond acceptors (Lipinski definition) is 2. The predicted octanol–water partition coefficient (Wildman–Crippen LogP) is 3.28. The van der Waals surface area contributed by atoms with Crippen LogP contribution in [0.5, 0.6) is 0 Å². The van der Waals surface area contributed by atoms with E-state index in [2.05, 4.69) is 32.9 Å². The van der Waals surface area contributed by atoms with Gasteiger partial charge in [-0.3, -0.25) is 4.79 Å². The van der Waals surface area contributed by atoms with E-state index < -0.39 is 5.41 Å². The Kier molecular flexibility index (Phi) is 5.69. The van der Waals surface area contributed by atoms with Crippen molar-refractivity contribution in [1.29, 1.82) is 0 Å². The molecule has 0 bridgehead atoms. The Bertz CT molecular complexity index is 540. The quantitative estimate of drug-likeness (QED) is 0.907. The van der Waals surface area contributed by atoms with Crippen LogP contribution in [-0.4, -0.2) is 29.9 Å². The first-order chi connectivity index (χ1) is 9.66. The zero-order valence-electron chi connectivity index (χ0n) is 14.3. The molecule has 2 rings (SSSR count). The van der Waals surface area contributed by atoms with Gasteiger partial charge in [0.2, 0.25) is 5.91 Å². The number of rotatable bonds is 2. The lowest BCUT2D eigenvalue weighted by Gasteiger charge is -2.45. The molecule has 1 aromatic carbocycles. The molecule has 1 atom stereocenters. The minimum atomic E-state index is -0.497. The second-order valence-corrected chi connectivity index (χ2v) is 7.55. The van der Waals surface area contributed by atoms with E-state index in [-0.39, 0.29) is 29.8 Å². The number of amides is 1. The number of benzene rings is 1. The van der Waals surface area contributed by atoms with Gasteiger partial charge in [-0.15, -0.1) is 12.4 Å². The lowest BCUT2D eigenvalue weighted by atomic mass is 9.76. The van der Waals surface area contributed by atoms with Gasteiger partial charge in [0, 0.05) is 19.1 Å². The van der Waals surface area contributed by atoms with Crippen LogP contribution in [0.15, 0.2) is 24.3 Å². The summed E-state index contributed by atoms with van der Waals surface area (Å²) in [5.74, 6) is 0.205. The average molecular weight is 325 g/mol. The van der Waals surface area contributed by atoms with E-state index in [9.17, 15) is 4.79 Å². The molecule has 1 unspecified atom stereocenters. The molecule has 1 amide bonds. The van der Waals surface area contributed by atoms with Crippen molar-refractivity contribution in [3.8, 4) is 0 Å². The molecule has 0 spiro atoms. The fourth-order valence-corrected chi connectivity index (χ4v) is 3.33. The lowest BCUT2D eigenvalue weighted by molar-refractivity contribution is -0.139. The molecular formula is C18H29ClN2O. The number of nitrogens with zero attached hydrogens (tertiary/aromatic N) is 1. The van der Waals surface area contributed by atoms with Crippen molar-refractivity contribution in [3.63, 3.8) is 0 Å². The van der Waals surface area contributed by atoms with Crippen molar-refractivity contribution < 1.29 is 4.79 Å². The second kappa shape index (κ2) is 6.59. The van der Waals surface area contributed by atoms with Gasteiger partial charge in [-0.05, 0) is 43.7 Å². The van der Waals surface area contributed by atoms with E-state index in [1.54, 1.807) is 0 Å². The number of carbonyl (C=O) groups is 1. The van der Waals surface area contributed by atoms with E-state index in [1.165, 1.54) is 5.56 Å². The molecule has 0 aromatic heterocycles. The normalized spacial score (nSPS) is 21.2. The summed E-state index contributed by atoms with van der Waals surface area (Å²) in [6.45, 7) is 11.9. The summed E-state index contributed by atoms with van der Waals surface area (Å²) in [7, 11) is 0. The van der Waals surface area contributed by atoms with Gasteiger partial charge < -0.3 is 10.6 Å². The number of likely N-dealkylation sites (tertiary alicyclic amines) is 1. The third kappa shape index (κ3) is 3.47. The Morgan fingerprint density at radius 2 is 1.91 bits per heavy atom. The minimum absolute atomic E-state index is 0. The molecule has 0 aliphatic carbocycles. The van der Waals surface area contributed by atoms with Crippen LogP contribution in [0.4, 0.5) is 0 Å². The zero-order chi connectivity index (χ0) is 15.8. The summed E-state index contributed by atoms with van der Waals surface area (Å²) in [6.07, 6.45) is 0.878. The van der Waals surface area contributed by atoms with Crippen LogP contribution in [0.2, 0.25) is 0 Å². The van der Waals surface area contributed by atoms with E-state index in [1.807, 2.05) is 30.9 Å². The first-order valence-corrected chi connectivity index (χ1v) is 7.77. The summed E-state index contributed by atoms with van der Waals surface area (Å²) < 4.78 is 0. The molecule has 2 N–H and O–H groups in total. The Hall–Kier alpha value is -1.06. The van der Waals surface area contributed by atoms with Gasteiger partial charge in [0.25, 0.3) is 0 Å². The molecule has 1 aromatic rings. The minimum Gasteiger partial charge on any atom is -0.341 e. The maximum atomic E-state index is 13.1. The first kappa shape index (κ1) is 19.0. The molecular weight excluding hydrogens is 296 g/mol. The highest BCUT2D eigenvalue weighted by Gasteiger charge is 2.40. The molecule has 1 aliphatic rings. The predicted molar refractivity (Wildman–Crippen MR) is 94.4 cm³/mol. The maximum absolute atomic E-state index is 13.1. The Labute approximate surface area is 140 Å². The van der Waals surface area contributed by atoms with Gasteiger partial charge in [-0.2, -0.15) is 0 Å². The lowest BCUT2D eigenvalue weighted by Crippen LogP contribution is -2.57. The SMILES string of the molecule is Cc1ccccc1C(C)(C)C(=O)N1CCC(N)C(C)(C)C1.Cl. The number of nitrogens with two attached hydrogens (primary N) is 1. The summed E-state index contributed by atoms with van der Waals surface area (Å²) in [5, 5.41) is 0. The van der Waals surface area contributed by atoms with Crippen molar-refractivity contribution in [3.05, 3.63) is 35.4 Å². The Morgan fingerprint density at radius 3 is 2.45 bits per heavy atom. The molecule has 22 heavy (non-hydrogen) atoms. The van der Waals surface area contributed by atoms with Crippen LogP contribution >= 0.6 is 12.4 Å². The van der Waals surface area contributed by atoms with Crippen molar-refractivity contribution >= 4 is 18.3 Å². The van der Waals surface area contributed by atoms with Crippen molar-refractivity contribution in [2.75, 3.05) is 13.1 Å². The number of piperidine rings is 1. The second-order valence-electron chi connectivity index (χ2n) is 7.55. The smallest absolute Gasteiger partial charge is 0.232 e. The molecule has 3 nitrogen and oxygen atoms in total. The van der Waals surface area contributed by atoms with Crippen LogP contribution in [0.25, 0.3) is 0 Å². The van der Waals surface area contributed by atoms with E-state index in [0.29, 0.717) is 0 Å². The Morgan fingerprint density at radius 1 is 1.32 bits per heavy atom. The maximum Gasteiger partial charge on any atom is 0.232 e. The molecule has 4 heteroatoms. The fraction of sp³-hybridized carbons (Fsp3) is 0.611. The first-order valence-electron chi connectivity index (χ1n) is 7.77. The molecule has 0 radical (unpaired) electrons. The van der Waals surface area contributed by atoms with Crippen LogP contribution in [0, 0.1) is 12.3 Å². The zero-order valence-corrected chi connectivity index (χ0v) is 15.2.